The third-order valence-electron chi connectivity index (χ3n) is 5.14. The Morgan fingerprint density at radius 2 is 1.67 bits per heavy atom. The molecule has 1 aliphatic rings. The molecule has 0 aromatic heterocycles. The number of nitrogens with two attached hydrogens (primary N) is 1. The van der Waals surface area contributed by atoms with Crippen molar-refractivity contribution in [3.63, 3.8) is 0 Å². The van der Waals surface area contributed by atoms with Crippen LogP contribution < -0.4 is 21.1 Å². The zero-order valence-corrected chi connectivity index (χ0v) is 17.0. The molecule has 0 saturated heterocycles. The van der Waals surface area contributed by atoms with Crippen LogP contribution in [0.1, 0.15) is 48.5 Å². The molecule has 158 valence electrons. The molecule has 0 unspecified atom stereocenters. The Kier molecular flexibility index (Phi) is 7.19. The minimum atomic E-state index is -0.504. The number of carbonyl (C=O) groups excluding carboxylic acids is 3. The van der Waals surface area contributed by atoms with Crippen molar-refractivity contribution in [1.82, 2.24) is 5.32 Å². The van der Waals surface area contributed by atoms with Gasteiger partial charge in [-0.05, 0) is 49.4 Å². The van der Waals surface area contributed by atoms with Crippen LogP contribution in [0.4, 0.5) is 5.69 Å². The first-order valence-corrected chi connectivity index (χ1v) is 10.1. The fourth-order valence-electron chi connectivity index (χ4n) is 3.60. The predicted molar refractivity (Wildman–Crippen MR) is 114 cm³/mol. The molecule has 1 fully saturated rings. The Hall–Kier alpha value is -3.19. The topological polar surface area (TPSA) is 111 Å². The van der Waals surface area contributed by atoms with Crippen molar-refractivity contribution in [3.05, 3.63) is 59.7 Å². The van der Waals surface area contributed by atoms with Gasteiger partial charge in [0.15, 0.2) is 0 Å². The Morgan fingerprint density at radius 1 is 1.00 bits per heavy atom. The van der Waals surface area contributed by atoms with Crippen molar-refractivity contribution in [2.24, 2.45) is 5.73 Å². The summed E-state index contributed by atoms with van der Waals surface area (Å²) in [5.74, 6) is -0.817. The van der Waals surface area contributed by atoms with E-state index in [4.69, 9.17) is 10.5 Å². The van der Waals surface area contributed by atoms with Gasteiger partial charge in [-0.15, -0.1) is 0 Å². The van der Waals surface area contributed by atoms with Crippen LogP contribution in [0.3, 0.4) is 0 Å². The summed E-state index contributed by atoms with van der Waals surface area (Å²) in [5.41, 5.74) is 7.42. The Labute approximate surface area is 176 Å². The van der Waals surface area contributed by atoms with E-state index in [0.29, 0.717) is 11.3 Å². The minimum absolute atomic E-state index is 0.0857. The van der Waals surface area contributed by atoms with Crippen LogP contribution in [-0.2, 0) is 16.0 Å². The lowest BCUT2D eigenvalue weighted by Gasteiger charge is -2.27. The summed E-state index contributed by atoms with van der Waals surface area (Å²) >= 11 is 0. The highest BCUT2D eigenvalue weighted by Crippen LogP contribution is 2.22. The van der Waals surface area contributed by atoms with Gasteiger partial charge in [-0.2, -0.15) is 0 Å². The molecular weight excluding hydrogens is 382 g/mol. The summed E-state index contributed by atoms with van der Waals surface area (Å²) in [4.78, 5) is 36.6. The van der Waals surface area contributed by atoms with E-state index in [2.05, 4.69) is 10.6 Å². The molecule has 0 spiro atoms. The summed E-state index contributed by atoms with van der Waals surface area (Å²) < 4.78 is 5.12. The number of nitrogens with one attached hydrogen (secondary N) is 2. The number of hydrogen-bond acceptors (Lipinski definition) is 5. The van der Waals surface area contributed by atoms with Crippen LogP contribution in [0.15, 0.2) is 48.5 Å². The largest absolute Gasteiger partial charge is 0.426 e. The SMILES string of the molecule is CC(=O)Oc1ccccc1C(=O)Nc1ccccc1CC(=O)NC1CCC(N)CC1. The summed E-state index contributed by atoms with van der Waals surface area (Å²) in [6.45, 7) is 1.28. The molecule has 7 nitrogen and oxygen atoms in total. The summed E-state index contributed by atoms with van der Waals surface area (Å²) in [6.07, 6.45) is 3.76. The number of benzene rings is 2. The minimum Gasteiger partial charge on any atom is -0.426 e. The number of ether oxygens (including phenoxy) is 1. The van der Waals surface area contributed by atoms with Crippen molar-refractivity contribution in [1.29, 1.82) is 0 Å². The third-order valence-corrected chi connectivity index (χ3v) is 5.14. The van der Waals surface area contributed by atoms with Gasteiger partial charge in [0, 0.05) is 24.7 Å². The second kappa shape index (κ2) is 10.0. The molecule has 0 aliphatic heterocycles. The predicted octanol–water partition coefficient (Wildman–Crippen LogP) is 2.79. The van der Waals surface area contributed by atoms with Crippen LogP contribution in [-0.4, -0.2) is 29.9 Å². The Morgan fingerprint density at radius 3 is 2.40 bits per heavy atom. The van der Waals surface area contributed by atoms with Crippen molar-refractivity contribution in [2.45, 2.75) is 51.1 Å². The smallest absolute Gasteiger partial charge is 0.308 e. The number of rotatable bonds is 6. The number of anilines is 1. The molecule has 0 radical (unpaired) electrons. The fraction of sp³-hybridized carbons (Fsp3) is 0.348. The van der Waals surface area contributed by atoms with Gasteiger partial charge >= 0.3 is 5.97 Å². The molecule has 4 N–H and O–H groups in total. The molecule has 0 bridgehead atoms. The molecule has 0 atom stereocenters. The molecule has 30 heavy (non-hydrogen) atoms. The average molecular weight is 409 g/mol. The maximum atomic E-state index is 12.8. The standard InChI is InChI=1S/C23H27N3O4/c1-15(27)30-21-9-5-3-7-19(21)23(29)26-20-8-4-2-6-16(20)14-22(28)25-18-12-10-17(24)11-13-18/h2-9,17-18H,10-14,24H2,1H3,(H,25,28)(H,26,29). The third kappa shape index (κ3) is 5.90. The summed E-state index contributed by atoms with van der Waals surface area (Å²) in [7, 11) is 0. The second-order valence-electron chi connectivity index (χ2n) is 7.56. The normalized spacial score (nSPS) is 18.3. The lowest BCUT2D eigenvalue weighted by Crippen LogP contribution is -2.41. The number of carbonyl (C=O) groups is 3. The zero-order chi connectivity index (χ0) is 21.5. The fourth-order valence-corrected chi connectivity index (χ4v) is 3.60. The molecule has 3 rings (SSSR count). The van der Waals surface area contributed by atoms with E-state index in [-0.39, 0.29) is 35.7 Å². The molecule has 2 amide bonds. The van der Waals surface area contributed by atoms with Gasteiger partial charge in [-0.25, -0.2) is 0 Å². The van der Waals surface area contributed by atoms with Gasteiger partial charge in [0.05, 0.1) is 12.0 Å². The summed E-state index contributed by atoms with van der Waals surface area (Å²) in [5, 5.41) is 5.89. The van der Waals surface area contributed by atoms with E-state index in [0.717, 1.165) is 25.7 Å². The highest BCUT2D eigenvalue weighted by molar-refractivity contribution is 6.07. The van der Waals surface area contributed by atoms with Gasteiger partial charge in [-0.3, -0.25) is 14.4 Å². The van der Waals surface area contributed by atoms with Crippen molar-refractivity contribution in [2.75, 3.05) is 5.32 Å². The van der Waals surface area contributed by atoms with Gasteiger partial charge in [-0.1, -0.05) is 30.3 Å². The second-order valence-corrected chi connectivity index (χ2v) is 7.56. The van der Waals surface area contributed by atoms with Crippen LogP contribution in [0.5, 0.6) is 5.75 Å². The first-order valence-electron chi connectivity index (χ1n) is 10.1. The maximum Gasteiger partial charge on any atom is 0.308 e. The molecule has 2 aromatic rings. The average Bonchev–Trinajstić information content (AvgIpc) is 2.71. The van der Waals surface area contributed by atoms with Crippen LogP contribution >= 0.6 is 0 Å². The van der Waals surface area contributed by atoms with E-state index in [1.54, 1.807) is 36.4 Å². The lowest BCUT2D eigenvalue weighted by atomic mass is 9.91. The van der Waals surface area contributed by atoms with E-state index < -0.39 is 11.9 Å². The van der Waals surface area contributed by atoms with E-state index in [1.807, 2.05) is 12.1 Å². The number of hydrogen-bond donors (Lipinski definition) is 3. The van der Waals surface area contributed by atoms with E-state index >= 15 is 0 Å². The molecule has 1 saturated carbocycles. The van der Waals surface area contributed by atoms with Gasteiger partial charge in [0.1, 0.15) is 5.75 Å². The molecule has 0 heterocycles. The molecule has 1 aliphatic carbocycles. The molecule has 2 aromatic carbocycles. The van der Waals surface area contributed by atoms with E-state index in [9.17, 15) is 14.4 Å². The first-order chi connectivity index (χ1) is 14.4. The van der Waals surface area contributed by atoms with Gasteiger partial charge < -0.3 is 21.1 Å². The summed E-state index contributed by atoms with van der Waals surface area (Å²) in [6, 6.07) is 14.1. The lowest BCUT2D eigenvalue weighted by molar-refractivity contribution is -0.131. The van der Waals surface area contributed by atoms with Crippen molar-refractivity contribution in [3.8, 4) is 5.75 Å². The number of esters is 1. The number of para-hydroxylation sites is 2. The van der Waals surface area contributed by atoms with E-state index in [1.165, 1.54) is 6.92 Å². The van der Waals surface area contributed by atoms with Crippen LogP contribution in [0, 0.1) is 0 Å². The highest BCUT2D eigenvalue weighted by Gasteiger charge is 2.21. The zero-order valence-electron chi connectivity index (χ0n) is 17.0. The van der Waals surface area contributed by atoms with Crippen molar-refractivity contribution < 1.29 is 19.1 Å². The Bertz CT molecular complexity index is 920. The highest BCUT2D eigenvalue weighted by atomic mass is 16.5. The maximum absolute atomic E-state index is 12.8. The monoisotopic (exact) mass is 409 g/mol. The first kappa shape index (κ1) is 21.5. The van der Waals surface area contributed by atoms with Crippen LogP contribution in [0.25, 0.3) is 0 Å². The van der Waals surface area contributed by atoms with Crippen molar-refractivity contribution >= 4 is 23.5 Å². The Balaban J connectivity index is 1.67. The number of amides is 2. The van der Waals surface area contributed by atoms with Gasteiger partial charge in [0.25, 0.3) is 5.91 Å². The van der Waals surface area contributed by atoms with Crippen LogP contribution in [0.2, 0.25) is 0 Å². The molecule has 7 heteroatoms. The van der Waals surface area contributed by atoms with Gasteiger partial charge in [0.2, 0.25) is 5.91 Å². The molecular formula is C23H27N3O4. The quantitative estimate of drug-likeness (QED) is 0.502.